The van der Waals surface area contributed by atoms with Crippen LogP contribution in [-0.4, -0.2) is 49.6 Å². The summed E-state index contributed by atoms with van der Waals surface area (Å²) >= 11 is 0. The molecular weight excluding hydrogens is 416 g/mol. The molecule has 1 unspecified atom stereocenters. The number of rotatable bonds is 8. The molecule has 1 amide bonds. The number of imidazole rings is 1. The smallest absolute Gasteiger partial charge is 0.222 e. The number of aromatic nitrogens is 3. The second kappa shape index (κ2) is 10.3. The number of amides is 1. The second-order valence-electron chi connectivity index (χ2n) is 8.45. The Morgan fingerprint density at radius 1 is 1.23 bits per heavy atom. The van der Waals surface area contributed by atoms with Crippen LogP contribution >= 0.6 is 21.6 Å². The van der Waals surface area contributed by atoms with Gasteiger partial charge < -0.3 is 14.0 Å². The number of carbonyl (C=O) groups excluding carboxylic acids is 1. The highest BCUT2D eigenvalue weighted by molar-refractivity contribution is 8.77. The van der Waals surface area contributed by atoms with Gasteiger partial charge in [0.15, 0.2) is 0 Å². The number of unbranched alkanes of at least 4 members (excludes halogenated alkanes) is 1. The molecule has 2 saturated heterocycles. The second-order valence-corrected chi connectivity index (χ2v) is 11.2. The molecule has 4 heterocycles. The Hall–Kier alpha value is -1.41. The molecular formula is C22H32N4O2S2. The highest BCUT2D eigenvalue weighted by Crippen LogP contribution is 2.40. The molecule has 2 fully saturated rings. The van der Waals surface area contributed by atoms with Gasteiger partial charge in [0.2, 0.25) is 5.91 Å². The van der Waals surface area contributed by atoms with Crippen molar-refractivity contribution in [1.82, 2.24) is 19.6 Å². The minimum Gasteiger partial charge on any atom is -0.361 e. The van der Waals surface area contributed by atoms with E-state index in [1.807, 2.05) is 47.8 Å². The van der Waals surface area contributed by atoms with Crippen molar-refractivity contribution < 1.29 is 9.32 Å². The fourth-order valence-electron chi connectivity index (χ4n) is 4.47. The average molecular weight is 449 g/mol. The third kappa shape index (κ3) is 5.25. The summed E-state index contributed by atoms with van der Waals surface area (Å²) in [5.41, 5.74) is 2.08. The maximum absolute atomic E-state index is 12.6. The maximum Gasteiger partial charge on any atom is 0.222 e. The molecule has 0 N–H and O–H groups in total. The Balaban J connectivity index is 1.24. The molecule has 0 saturated carbocycles. The van der Waals surface area contributed by atoms with Gasteiger partial charge in [0.25, 0.3) is 0 Å². The first-order valence-electron chi connectivity index (χ1n) is 11.1. The van der Waals surface area contributed by atoms with E-state index < -0.39 is 0 Å². The van der Waals surface area contributed by atoms with E-state index in [4.69, 9.17) is 4.52 Å². The molecule has 6 nitrogen and oxygen atoms in total. The standard InChI is InChI=1S/C22H32N4O2S2/c1-16-20(17(2)28-24-16)15-26-13-10-23-22(26)18-7-11-25(12-8-18)21(27)6-4-3-5-19-9-14-29-30-19/h10,13,18-19H,3-9,11-12,14-15H2,1-2H3. The highest BCUT2D eigenvalue weighted by Gasteiger charge is 2.26. The number of carbonyl (C=O) groups is 1. The van der Waals surface area contributed by atoms with Crippen LogP contribution in [0.25, 0.3) is 0 Å². The van der Waals surface area contributed by atoms with E-state index in [-0.39, 0.29) is 0 Å². The zero-order chi connectivity index (χ0) is 20.9. The van der Waals surface area contributed by atoms with Crippen molar-refractivity contribution in [1.29, 1.82) is 0 Å². The van der Waals surface area contributed by atoms with Crippen molar-refractivity contribution in [3.63, 3.8) is 0 Å². The number of likely N-dealkylation sites (tertiary alicyclic amines) is 1. The minimum atomic E-state index is 0.334. The van der Waals surface area contributed by atoms with Gasteiger partial charge in [0.1, 0.15) is 11.6 Å². The molecule has 30 heavy (non-hydrogen) atoms. The average Bonchev–Trinajstić information content (AvgIpc) is 3.50. The highest BCUT2D eigenvalue weighted by atomic mass is 33.1. The Morgan fingerprint density at radius 2 is 2.07 bits per heavy atom. The summed E-state index contributed by atoms with van der Waals surface area (Å²) in [5.74, 6) is 4.02. The SMILES string of the molecule is Cc1noc(C)c1Cn1ccnc1C1CCN(C(=O)CCCCC2CCSS2)CC1. The number of aryl methyl sites for hydroxylation is 2. The molecule has 0 spiro atoms. The van der Waals surface area contributed by atoms with Crippen molar-refractivity contribution >= 4 is 27.5 Å². The van der Waals surface area contributed by atoms with E-state index in [9.17, 15) is 4.79 Å². The first kappa shape index (κ1) is 21.8. The summed E-state index contributed by atoms with van der Waals surface area (Å²) in [6, 6.07) is 0. The number of hydrogen-bond acceptors (Lipinski definition) is 6. The van der Waals surface area contributed by atoms with Gasteiger partial charge in [-0.15, -0.1) is 0 Å². The normalized spacial score (nSPS) is 20.2. The van der Waals surface area contributed by atoms with Crippen LogP contribution in [0.2, 0.25) is 0 Å². The monoisotopic (exact) mass is 448 g/mol. The van der Waals surface area contributed by atoms with Crippen LogP contribution in [0.1, 0.15) is 73.7 Å². The van der Waals surface area contributed by atoms with Crippen LogP contribution < -0.4 is 0 Å². The van der Waals surface area contributed by atoms with E-state index in [0.29, 0.717) is 18.2 Å². The zero-order valence-corrected chi connectivity index (χ0v) is 19.6. The Labute approximate surface area is 186 Å². The lowest BCUT2D eigenvalue weighted by Crippen LogP contribution is -2.38. The van der Waals surface area contributed by atoms with Crippen LogP contribution in [0.3, 0.4) is 0 Å². The summed E-state index contributed by atoms with van der Waals surface area (Å²) in [7, 11) is 4.03. The number of hydrogen-bond donors (Lipinski definition) is 0. The quantitative estimate of drug-likeness (QED) is 0.420. The van der Waals surface area contributed by atoms with Crippen molar-refractivity contribution in [2.45, 2.75) is 76.5 Å². The molecule has 1 atom stereocenters. The first-order valence-corrected chi connectivity index (χ1v) is 13.5. The van der Waals surface area contributed by atoms with Gasteiger partial charge in [-0.05, 0) is 46.0 Å². The molecule has 2 aromatic heterocycles. The van der Waals surface area contributed by atoms with Crippen molar-refractivity contribution in [3.8, 4) is 0 Å². The molecule has 4 rings (SSSR count). The lowest BCUT2D eigenvalue weighted by molar-refractivity contribution is -0.132. The van der Waals surface area contributed by atoms with Crippen molar-refractivity contribution in [3.05, 3.63) is 35.2 Å². The third-order valence-corrected chi connectivity index (χ3v) is 9.37. The fraction of sp³-hybridized carbons (Fsp3) is 0.682. The lowest BCUT2D eigenvalue weighted by atomic mass is 9.95. The zero-order valence-electron chi connectivity index (χ0n) is 18.0. The Kier molecular flexibility index (Phi) is 7.46. The minimum absolute atomic E-state index is 0.334. The number of nitrogens with zero attached hydrogens (tertiary/aromatic N) is 4. The van der Waals surface area contributed by atoms with Crippen LogP contribution in [0, 0.1) is 13.8 Å². The Morgan fingerprint density at radius 3 is 2.77 bits per heavy atom. The first-order chi connectivity index (χ1) is 14.6. The third-order valence-electron chi connectivity index (χ3n) is 6.36. The van der Waals surface area contributed by atoms with Gasteiger partial charge >= 0.3 is 0 Å². The van der Waals surface area contributed by atoms with Crippen molar-refractivity contribution in [2.24, 2.45) is 0 Å². The van der Waals surface area contributed by atoms with E-state index in [1.165, 1.54) is 25.0 Å². The molecule has 0 aliphatic carbocycles. The topological polar surface area (TPSA) is 64.2 Å². The van der Waals surface area contributed by atoms with E-state index in [1.54, 1.807) is 0 Å². The van der Waals surface area contributed by atoms with Gasteiger partial charge in [-0.25, -0.2) is 4.98 Å². The van der Waals surface area contributed by atoms with Crippen molar-refractivity contribution in [2.75, 3.05) is 18.8 Å². The summed E-state index contributed by atoms with van der Waals surface area (Å²) < 4.78 is 7.53. The summed E-state index contributed by atoms with van der Waals surface area (Å²) in [6.45, 7) is 6.38. The molecule has 2 aliphatic heterocycles. The Bertz CT molecular complexity index is 817. The number of piperidine rings is 1. The van der Waals surface area contributed by atoms with Crippen LogP contribution in [0.4, 0.5) is 0 Å². The fourth-order valence-corrected chi connectivity index (χ4v) is 7.50. The molecule has 0 radical (unpaired) electrons. The van der Waals surface area contributed by atoms with Gasteiger partial charge in [-0.1, -0.05) is 33.2 Å². The predicted molar refractivity (Wildman–Crippen MR) is 123 cm³/mol. The largest absolute Gasteiger partial charge is 0.361 e. The lowest BCUT2D eigenvalue weighted by Gasteiger charge is -2.32. The van der Waals surface area contributed by atoms with Crippen LogP contribution in [0.5, 0.6) is 0 Å². The van der Waals surface area contributed by atoms with Gasteiger partial charge in [0.05, 0.1) is 12.2 Å². The van der Waals surface area contributed by atoms with Gasteiger partial charge in [-0.3, -0.25) is 4.79 Å². The van der Waals surface area contributed by atoms with Gasteiger partial charge in [0, 0.05) is 54.4 Å². The molecule has 2 aromatic rings. The molecule has 8 heteroatoms. The molecule has 0 bridgehead atoms. The summed E-state index contributed by atoms with van der Waals surface area (Å²) in [6.07, 6.45) is 11.4. The van der Waals surface area contributed by atoms with Crippen LogP contribution in [-0.2, 0) is 11.3 Å². The van der Waals surface area contributed by atoms with E-state index >= 15 is 0 Å². The van der Waals surface area contributed by atoms with Crippen LogP contribution in [0.15, 0.2) is 16.9 Å². The molecule has 2 aliphatic rings. The maximum atomic E-state index is 12.6. The van der Waals surface area contributed by atoms with E-state index in [2.05, 4.69) is 19.6 Å². The molecule has 0 aromatic carbocycles. The van der Waals surface area contributed by atoms with E-state index in [0.717, 1.165) is 67.0 Å². The summed E-state index contributed by atoms with van der Waals surface area (Å²) in [5, 5.41) is 4.88. The van der Waals surface area contributed by atoms with Gasteiger partial charge in [-0.2, -0.15) is 0 Å². The predicted octanol–water partition coefficient (Wildman–Crippen LogP) is 4.96. The summed E-state index contributed by atoms with van der Waals surface area (Å²) in [4.78, 5) is 19.3. The molecule has 164 valence electrons.